The first kappa shape index (κ1) is 16.2. The van der Waals surface area contributed by atoms with E-state index in [-0.39, 0.29) is 0 Å². The first-order valence-electron chi connectivity index (χ1n) is 5.73. The second-order valence-electron chi connectivity index (χ2n) is 4.17. The number of benzene rings is 1. The van der Waals surface area contributed by atoms with Crippen molar-refractivity contribution in [1.29, 1.82) is 0 Å². The van der Waals surface area contributed by atoms with Crippen molar-refractivity contribution in [3.05, 3.63) is 33.8 Å². The third kappa shape index (κ3) is 3.83. The highest BCUT2D eigenvalue weighted by Gasteiger charge is 2.36. The van der Waals surface area contributed by atoms with Gasteiger partial charge < -0.3 is 9.47 Å². The Morgan fingerprint density at radius 3 is 2.53 bits per heavy atom. The van der Waals surface area contributed by atoms with Crippen LogP contribution in [0.3, 0.4) is 0 Å². The highest BCUT2D eigenvalue weighted by atomic mass is 35.5. The van der Waals surface area contributed by atoms with Gasteiger partial charge in [-0.2, -0.15) is 0 Å². The zero-order chi connectivity index (χ0) is 14.5. The van der Waals surface area contributed by atoms with Gasteiger partial charge in [0.2, 0.25) is 0 Å². The predicted octanol–water partition coefficient (Wildman–Crippen LogP) is 2.62. The third-order valence-corrected chi connectivity index (χ3v) is 3.61. The van der Waals surface area contributed by atoms with Crippen LogP contribution in [0.25, 0.3) is 0 Å². The van der Waals surface area contributed by atoms with Gasteiger partial charge in [-0.25, -0.2) is 4.79 Å². The smallest absolute Gasteiger partial charge is 0.330 e. The molecule has 0 aliphatic rings. The molecule has 0 aliphatic carbocycles. The van der Waals surface area contributed by atoms with Gasteiger partial charge >= 0.3 is 5.97 Å². The van der Waals surface area contributed by atoms with Crippen LogP contribution in [0.2, 0.25) is 10.0 Å². The van der Waals surface area contributed by atoms with E-state index in [1.54, 1.807) is 32.2 Å². The molecule has 1 atom stereocenters. The number of halogens is 2. The van der Waals surface area contributed by atoms with Crippen molar-refractivity contribution < 1.29 is 14.3 Å². The summed E-state index contributed by atoms with van der Waals surface area (Å²) in [6.45, 7) is 2.71. The van der Waals surface area contributed by atoms with Gasteiger partial charge in [-0.15, -0.1) is 0 Å². The molecule has 1 aromatic carbocycles. The van der Waals surface area contributed by atoms with Gasteiger partial charge in [0.1, 0.15) is 5.54 Å². The molecule has 0 amide bonds. The van der Waals surface area contributed by atoms with Crippen molar-refractivity contribution in [2.45, 2.75) is 12.5 Å². The normalized spacial score (nSPS) is 13.9. The molecule has 0 saturated carbocycles. The van der Waals surface area contributed by atoms with Crippen LogP contribution in [-0.4, -0.2) is 33.3 Å². The van der Waals surface area contributed by atoms with Gasteiger partial charge in [-0.3, -0.25) is 5.32 Å². The minimum atomic E-state index is -0.999. The molecule has 0 aromatic heterocycles. The maximum absolute atomic E-state index is 12.0. The minimum Gasteiger partial charge on any atom is -0.467 e. The summed E-state index contributed by atoms with van der Waals surface area (Å²) >= 11 is 11.9. The zero-order valence-corrected chi connectivity index (χ0v) is 12.6. The molecule has 1 N–H and O–H groups in total. The summed E-state index contributed by atoms with van der Waals surface area (Å²) in [5, 5.41) is 3.94. The van der Waals surface area contributed by atoms with E-state index in [4.69, 9.17) is 32.7 Å². The summed E-state index contributed by atoms with van der Waals surface area (Å²) in [4.78, 5) is 12.0. The third-order valence-electron chi connectivity index (χ3n) is 2.88. The average Bonchev–Trinajstić information content (AvgIpc) is 2.40. The summed E-state index contributed by atoms with van der Waals surface area (Å²) in [6, 6.07) is 5.05. The number of esters is 1. The molecular formula is C13H17Cl2NO3. The molecule has 0 spiro atoms. The van der Waals surface area contributed by atoms with E-state index >= 15 is 0 Å². The Morgan fingerprint density at radius 2 is 2.00 bits per heavy atom. The lowest BCUT2D eigenvalue weighted by molar-refractivity contribution is -0.148. The lowest BCUT2D eigenvalue weighted by Gasteiger charge is -2.28. The van der Waals surface area contributed by atoms with Gasteiger partial charge in [0, 0.05) is 13.7 Å². The van der Waals surface area contributed by atoms with E-state index in [1.807, 2.05) is 0 Å². The second kappa shape index (κ2) is 7.10. The molecule has 1 aromatic rings. The van der Waals surface area contributed by atoms with Crippen LogP contribution in [-0.2, 0) is 19.8 Å². The number of ether oxygens (including phenoxy) is 2. The van der Waals surface area contributed by atoms with Gasteiger partial charge in [-0.1, -0.05) is 29.3 Å². The van der Waals surface area contributed by atoms with Crippen LogP contribution in [0.1, 0.15) is 12.5 Å². The first-order chi connectivity index (χ1) is 8.95. The van der Waals surface area contributed by atoms with Gasteiger partial charge in [-0.05, 0) is 24.6 Å². The standard InChI is InChI=1S/C13H17Cl2NO3/c1-13(12(17)19-3,16-6-7-18-2)9-4-5-10(14)11(15)8-9/h4-5,8,16H,6-7H2,1-3H3. The minimum absolute atomic E-state index is 0.392. The maximum atomic E-state index is 12.0. The number of hydrogen-bond donors (Lipinski definition) is 1. The molecule has 1 unspecified atom stereocenters. The van der Waals surface area contributed by atoms with Crippen LogP contribution in [0.4, 0.5) is 0 Å². The molecule has 0 bridgehead atoms. The molecule has 106 valence electrons. The van der Waals surface area contributed by atoms with Crippen LogP contribution >= 0.6 is 23.2 Å². The van der Waals surface area contributed by atoms with Crippen molar-refractivity contribution in [3.63, 3.8) is 0 Å². The monoisotopic (exact) mass is 305 g/mol. The lowest BCUT2D eigenvalue weighted by Crippen LogP contribution is -2.48. The number of carbonyl (C=O) groups excluding carboxylic acids is 1. The topological polar surface area (TPSA) is 47.6 Å². The molecule has 0 fully saturated rings. The summed E-state index contributed by atoms with van der Waals surface area (Å²) in [5.74, 6) is -0.401. The highest BCUT2D eigenvalue weighted by molar-refractivity contribution is 6.42. The Hall–Kier alpha value is -0.810. The first-order valence-corrected chi connectivity index (χ1v) is 6.49. The molecule has 0 heterocycles. The number of hydrogen-bond acceptors (Lipinski definition) is 4. The van der Waals surface area contributed by atoms with Crippen molar-refractivity contribution >= 4 is 29.2 Å². The van der Waals surface area contributed by atoms with E-state index in [0.29, 0.717) is 28.8 Å². The molecule has 0 aliphatic heterocycles. The Morgan fingerprint density at radius 1 is 1.32 bits per heavy atom. The number of nitrogens with one attached hydrogen (secondary N) is 1. The van der Waals surface area contributed by atoms with Crippen LogP contribution < -0.4 is 5.32 Å². The summed E-state index contributed by atoms with van der Waals surface area (Å²) in [7, 11) is 2.94. The molecule has 1 rings (SSSR count). The Labute approximate surface area is 123 Å². The molecule has 0 radical (unpaired) electrons. The SMILES string of the molecule is COCCNC(C)(C(=O)OC)c1ccc(Cl)c(Cl)c1. The van der Waals surface area contributed by atoms with E-state index in [2.05, 4.69) is 5.32 Å². The highest BCUT2D eigenvalue weighted by Crippen LogP contribution is 2.29. The Balaban J connectivity index is 3.07. The van der Waals surface area contributed by atoms with Crippen LogP contribution in [0, 0.1) is 0 Å². The zero-order valence-electron chi connectivity index (χ0n) is 11.1. The fourth-order valence-electron chi connectivity index (χ4n) is 1.71. The quantitative estimate of drug-likeness (QED) is 0.648. The summed E-state index contributed by atoms with van der Waals surface area (Å²) in [6.07, 6.45) is 0. The second-order valence-corrected chi connectivity index (χ2v) is 4.98. The van der Waals surface area contributed by atoms with Gasteiger partial charge in [0.25, 0.3) is 0 Å². The van der Waals surface area contributed by atoms with Crippen LogP contribution in [0.5, 0.6) is 0 Å². The van der Waals surface area contributed by atoms with Crippen molar-refractivity contribution in [2.24, 2.45) is 0 Å². The van der Waals surface area contributed by atoms with Crippen molar-refractivity contribution in [3.8, 4) is 0 Å². The summed E-state index contributed by atoms with van der Waals surface area (Å²) < 4.78 is 9.82. The number of methoxy groups -OCH3 is 2. The fraction of sp³-hybridized carbons (Fsp3) is 0.462. The largest absolute Gasteiger partial charge is 0.467 e. The van der Waals surface area contributed by atoms with E-state index in [0.717, 1.165) is 0 Å². The predicted molar refractivity (Wildman–Crippen MR) is 75.7 cm³/mol. The van der Waals surface area contributed by atoms with Gasteiger partial charge in [0.05, 0.1) is 23.8 Å². The molecular weight excluding hydrogens is 289 g/mol. The number of rotatable bonds is 6. The average molecular weight is 306 g/mol. The molecule has 4 nitrogen and oxygen atoms in total. The number of carbonyl (C=O) groups is 1. The van der Waals surface area contributed by atoms with Crippen LogP contribution in [0.15, 0.2) is 18.2 Å². The van der Waals surface area contributed by atoms with E-state index in [9.17, 15) is 4.79 Å². The molecule has 19 heavy (non-hydrogen) atoms. The molecule has 6 heteroatoms. The lowest BCUT2D eigenvalue weighted by atomic mass is 9.92. The van der Waals surface area contributed by atoms with Crippen molar-refractivity contribution in [1.82, 2.24) is 5.32 Å². The fourth-order valence-corrected chi connectivity index (χ4v) is 2.00. The van der Waals surface area contributed by atoms with E-state index in [1.165, 1.54) is 7.11 Å². The maximum Gasteiger partial charge on any atom is 0.330 e. The Kier molecular flexibility index (Phi) is 6.07. The Bertz CT molecular complexity index is 454. The van der Waals surface area contributed by atoms with E-state index < -0.39 is 11.5 Å². The van der Waals surface area contributed by atoms with Crippen molar-refractivity contribution in [2.75, 3.05) is 27.4 Å². The summed E-state index contributed by atoms with van der Waals surface area (Å²) in [5.41, 5.74) is -0.313. The van der Waals surface area contributed by atoms with Gasteiger partial charge in [0.15, 0.2) is 0 Å². The molecule has 0 saturated heterocycles.